The molecule has 0 fully saturated rings. The van der Waals surface area contributed by atoms with Gasteiger partial charge in [-0.15, -0.1) is 0 Å². The van der Waals surface area contributed by atoms with Crippen LogP contribution in [-0.4, -0.2) is 24.0 Å². The minimum atomic E-state index is -0.164. The summed E-state index contributed by atoms with van der Waals surface area (Å²) in [4.78, 5) is 10.5. The first-order chi connectivity index (χ1) is 12.6. The molecule has 0 bridgehead atoms. The highest BCUT2D eigenvalue weighted by Crippen LogP contribution is 2.09. The molecule has 0 aliphatic heterocycles. The lowest BCUT2D eigenvalue weighted by atomic mass is 10.1. The van der Waals surface area contributed by atoms with Crippen LogP contribution in [0.25, 0.3) is 0 Å². The number of allylic oxidation sites excluding steroid dienone is 2. The Balaban J connectivity index is 0. The molecule has 0 radical (unpaired) electrons. The summed E-state index contributed by atoms with van der Waals surface area (Å²) < 4.78 is 0. The number of primary amides is 1. The lowest BCUT2D eigenvalue weighted by Crippen LogP contribution is -2.29. The summed E-state index contributed by atoms with van der Waals surface area (Å²) in [5, 5.41) is 1.75. The predicted octanol–water partition coefficient (Wildman–Crippen LogP) is 5.71. The summed E-state index contributed by atoms with van der Waals surface area (Å²) in [5.74, 6) is 5.14. The summed E-state index contributed by atoms with van der Waals surface area (Å²) in [6.45, 7) is 8.21. The number of hydrogen-bond acceptors (Lipinski definition) is 3. The van der Waals surface area contributed by atoms with Crippen molar-refractivity contribution in [2.75, 3.05) is 13.1 Å². The van der Waals surface area contributed by atoms with Gasteiger partial charge >= 0.3 is 0 Å². The van der Waals surface area contributed by atoms with E-state index in [-0.39, 0.29) is 5.91 Å². The fraction of sp³-hybridized carbons (Fsp3) is 0.864. The van der Waals surface area contributed by atoms with Crippen LogP contribution in [0.4, 0.5) is 0 Å². The van der Waals surface area contributed by atoms with Crippen molar-refractivity contribution in [2.45, 2.75) is 111 Å². The van der Waals surface area contributed by atoms with Crippen molar-refractivity contribution in [3.63, 3.8) is 0 Å². The molecule has 0 heterocycles. The van der Waals surface area contributed by atoms with Crippen molar-refractivity contribution in [3.05, 3.63) is 12.2 Å². The summed E-state index contributed by atoms with van der Waals surface area (Å²) in [6.07, 6.45) is 21.9. The highest BCUT2D eigenvalue weighted by molar-refractivity contribution is 5.73. The quantitative estimate of drug-likeness (QED) is 0.149. The third kappa shape index (κ3) is 28.0. The largest absolute Gasteiger partial charge is 0.370 e. The zero-order valence-corrected chi connectivity index (χ0v) is 18.0. The molecule has 4 nitrogen and oxygen atoms in total. The molecule has 0 aromatic carbocycles. The van der Waals surface area contributed by atoms with E-state index < -0.39 is 0 Å². The number of hydrogen-bond donors (Lipinski definition) is 2. The molecule has 0 saturated carbocycles. The predicted molar refractivity (Wildman–Crippen MR) is 116 cm³/mol. The molecule has 0 aromatic heterocycles. The standard InChI is InChI=1S/C18H35NO.C4H12N2/c1-2-3-4-5-6-7-8-9-10-11-12-13-14-15-16-17-18(19)20;1-3-6(5)4-2/h9-10H,2-8,11-17H2,1H3,(H2,19,20);3-5H2,1-2H3/b10-9-;. The Kier molecular flexibility index (Phi) is 25.4. The van der Waals surface area contributed by atoms with Crippen LogP contribution in [-0.2, 0) is 4.79 Å². The minimum Gasteiger partial charge on any atom is -0.370 e. The maximum Gasteiger partial charge on any atom is 0.217 e. The molecule has 4 N–H and O–H groups in total. The average molecular weight is 370 g/mol. The first-order valence-corrected chi connectivity index (χ1v) is 11.0. The molecule has 0 atom stereocenters. The van der Waals surface area contributed by atoms with Gasteiger partial charge in [0, 0.05) is 19.5 Å². The fourth-order valence-electron chi connectivity index (χ4n) is 2.59. The van der Waals surface area contributed by atoms with Gasteiger partial charge in [-0.2, -0.15) is 0 Å². The lowest BCUT2D eigenvalue weighted by Gasteiger charge is -2.07. The SMILES string of the molecule is CCCCCCCC/C=C\CCCCCCCC(N)=O.CCN(N)CC. The second kappa shape index (κ2) is 24.1. The normalized spacial score (nSPS) is 11.0. The zero-order chi connectivity index (χ0) is 19.9. The van der Waals surface area contributed by atoms with E-state index in [9.17, 15) is 4.79 Å². The Bertz CT molecular complexity index is 302. The molecule has 0 unspecified atom stereocenters. The van der Waals surface area contributed by atoms with Gasteiger partial charge in [0.15, 0.2) is 0 Å². The van der Waals surface area contributed by atoms with Gasteiger partial charge in [-0.3, -0.25) is 10.6 Å². The monoisotopic (exact) mass is 369 g/mol. The maximum absolute atomic E-state index is 10.5. The van der Waals surface area contributed by atoms with E-state index in [1.54, 1.807) is 5.01 Å². The van der Waals surface area contributed by atoms with Crippen molar-refractivity contribution in [1.82, 2.24) is 5.01 Å². The topological polar surface area (TPSA) is 72.4 Å². The Morgan fingerprint density at radius 1 is 0.731 bits per heavy atom. The van der Waals surface area contributed by atoms with Crippen LogP contribution in [0.5, 0.6) is 0 Å². The molecule has 4 heteroatoms. The Labute approximate surface area is 163 Å². The number of carbonyl (C=O) groups excluding carboxylic acids is 1. The molecule has 26 heavy (non-hydrogen) atoms. The Hall–Kier alpha value is -0.870. The number of nitrogens with zero attached hydrogens (tertiary/aromatic N) is 1. The molecule has 0 rings (SSSR count). The summed E-state index contributed by atoms with van der Waals surface area (Å²) >= 11 is 0. The smallest absolute Gasteiger partial charge is 0.217 e. The van der Waals surface area contributed by atoms with Gasteiger partial charge in [-0.1, -0.05) is 84.3 Å². The van der Waals surface area contributed by atoms with E-state index in [1.165, 1.54) is 70.6 Å². The second-order valence-electron chi connectivity index (χ2n) is 7.02. The van der Waals surface area contributed by atoms with E-state index in [0.29, 0.717) is 6.42 Å². The van der Waals surface area contributed by atoms with Gasteiger partial charge in [0.25, 0.3) is 0 Å². The van der Waals surface area contributed by atoms with E-state index in [4.69, 9.17) is 11.6 Å². The summed E-state index contributed by atoms with van der Waals surface area (Å²) in [5.41, 5.74) is 5.10. The van der Waals surface area contributed by atoms with Crippen LogP contribution >= 0.6 is 0 Å². The van der Waals surface area contributed by atoms with Crippen molar-refractivity contribution in [3.8, 4) is 0 Å². The molecule has 0 spiro atoms. The van der Waals surface area contributed by atoms with Crippen LogP contribution in [0.3, 0.4) is 0 Å². The maximum atomic E-state index is 10.5. The van der Waals surface area contributed by atoms with E-state index in [1.807, 2.05) is 13.8 Å². The Morgan fingerprint density at radius 3 is 1.54 bits per heavy atom. The van der Waals surface area contributed by atoms with Crippen molar-refractivity contribution in [2.24, 2.45) is 11.6 Å². The first kappa shape index (κ1) is 27.3. The third-order valence-electron chi connectivity index (χ3n) is 4.50. The number of amides is 1. The third-order valence-corrected chi connectivity index (χ3v) is 4.50. The fourth-order valence-corrected chi connectivity index (χ4v) is 2.59. The molecule has 156 valence electrons. The highest BCUT2D eigenvalue weighted by Gasteiger charge is 1.94. The number of rotatable bonds is 17. The summed E-state index contributed by atoms with van der Waals surface area (Å²) in [6, 6.07) is 0. The zero-order valence-electron chi connectivity index (χ0n) is 18.0. The van der Waals surface area contributed by atoms with Gasteiger partial charge in [0.05, 0.1) is 0 Å². The molecule has 0 saturated heterocycles. The van der Waals surface area contributed by atoms with Gasteiger partial charge in [0.2, 0.25) is 5.91 Å². The van der Waals surface area contributed by atoms with E-state index in [2.05, 4.69) is 19.1 Å². The van der Waals surface area contributed by atoms with Crippen LogP contribution in [0.15, 0.2) is 12.2 Å². The second-order valence-corrected chi connectivity index (χ2v) is 7.02. The minimum absolute atomic E-state index is 0.164. The van der Waals surface area contributed by atoms with E-state index >= 15 is 0 Å². The number of hydrazine groups is 1. The van der Waals surface area contributed by atoms with E-state index in [0.717, 1.165) is 25.9 Å². The number of unbranched alkanes of at least 4 members (excludes halogenated alkanes) is 11. The number of carbonyl (C=O) groups is 1. The van der Waals surface area contributed by atoms with Gasteiger partial charge < -0.3 is 5.73 Å². The molecule has 0 aliphatic rings. The average Bonchev–Trinajstić information content (AvgIpc) is 2.64. The Morgan fingerprint density at radius 2 is 1.15 bits per heavy atom. The lowest BCUT2D eigenvalue weighted by molar-refractivity contribution is -0.118. The first-order valence-electron chi connectivity index (χ1n) is 11.0. The molecular formula is C22H47N3O. The molecule has 0 aliphatic carbocycles. The molecule has 0 aromatic rings. The van der Waals surface area contributed by atoms with Crippen molar-refractivity contribution < 1.29 is 4.79 Å². The van der Waals surface area contributed by atoms with Gasteiger partial charge in [-0.05, 0) is 32.1 Å². The van der Waals surface area contributed by atoms with Gasteiger partial charge in [-0.25, -0.2) is 5.01 Å². The number of nitrogens with two attached hydrogens (primary N) is 2. The van der Waals surface area contributed by atoms with Crippen LogP contribution < -0.4 is 11.6 Å². The van der Waals surface area contributed by atoms with Crippen molar-refractivity contribution in [1.29, 1.82) is 0 Å². The van der Waals surface area contributed by atoms with Crippen LogP contribution in [0.2, 0.25) is 0 Å². The van der Waals surface area contributed by atoms with Crippen molar-refractivity contribution >= 4 is 5.91 Å². The highest BCUT2D eigenvalue weighted by atomic mass is 16.1. The van der Waals surface area contributed by atoms with Crippen LogP contribution in [0.1, 0.15) is 111 Å². The summed E-state index contributed by atoms with van der Waals surface area (Å²) in [7, 11) is 0. The molecule has 1 amide bonds. The van der Waals surface area contributed by atoms with Crippen LogP contribution in [0, 0.1) is 0 Å². The molecular weight excluding hydrogens is 322 g/mol. The van der Waals surface area contributed by atoms with Gasteiger partial charge in [0.1, 0.15) is 0 Å².